The molecule has 0 bridgehead atoms. The van der Waals surface area contributed by atoms with E-state index in [1.54, 1.807) is 26.0 Å². The Hall–Kier alpha value is -1.39. The van der Waals surface area contributed by atoms with Crippen molar-refractivity contribution in [2.24, 2.45) is 0 Å². The van der Waals surface area contributed by atoms with Crippen LogP contribution in [0.2, 0.25) is 0 Å². The summed E-state index contributed by atoms with van der Waals surface area (Å²) in [7, 11) is -2.35. The Morgan fingerprint density at radius 2 is 1.95 bits per heavy atom. The van der Waals surface area contributed by atoms with Crippen molar-refractivity contribution in [2.75, 3.05) is 20.2 Å². The Labute approximate surface area is 126 Å². The molecule has 5 nitrogen and oxygen atoms in total. The number of hydrogen-bond acceptors (Lipinski definition) is 4. The van der Waals surface area contributed by atoms with Gasteiger partial charge in [0, 0.05) is 19.2 Å². The van der Waals surface area contributed by atoms with Crippen LogP contribution >= 0.6 is 0 Å². The highest BCUT2D eigenvalue weighted by atomic mass is 32.2. The van der Waals surface area contributed by atoms with Crippen molar-refractivity contribution in [2.45, 2.75) is 31.3 Å². The van der Waals surface area contributed by atoms with Gasteiger partial charge < -0.3 is 10.2 Å². The first kappa shape index (κ1) is 17.7. The third-order valence-electron chi connectivity index (χ3n) is 2.74. The molecular formula is C15H21NO4S. The van der Waals surface area contributed by atoms with E-state index in [2.05, 4.69) is 11.8 Å². The summed E-state index contributed by atoms with van der Waals surface area (Å²) in [6, 6.07) is 4.84. The molecule has 0 aliphatic heterocycles. The molecule has 0 saturated heterocycles. The molecule has 2 N–H and O–H groups in total. The average Bonchev–Trinajstić information content (AvgIpc) is 2.34. The van der Waals surface area contributed by atoms with Gasteiger partial charge in [-0.2, -0.15) is 4.31 Å². The first-order valence-electron chi connectivity index (χ1n) is 6.47. The molecule has 0 amide bonds. The number of benzene rings is 1. The Morgan fingerprint density at radius 3 is 2.48 bits per heavy atom. The first-order chi connectivity index (χ1) is 9.58. The Kier molecular flexibility index (Phi) is 5.54. The second-order valence-electron chi connectivity index (χ2n) is 5.53. The average molecular weight is 311 g/mol. The summed E-state index contributed by atoms with van der Waals surface area (Å²) in [5.41, 5.74) is 0.0803. The lowest BCUT2D eigenvalue weighted by Crippen LogP contribution is -2.39. The third-order valence-corrected chi connectivity index (χ3v) is 4.60. The van der Waals surface area contributed by atoms with Crippen molar-refractivity contribution in [3.8, 4) is 11.8 Å². The van der Waals surface area contributed by atoms with Crippen LogP contribution in [-0.2, 0) is 10.0 Å². The molecule has 0 heterocycles. The number of rotatable bonds is 4. The maximum Gasteiger partial charge on any atom is 0.244 e. The van der Waals surface area contributed by atoms with Gasteiger partial charge in [-0.25, -0.2) is 8.42 Å². The predicted octanol–water partition coefficient (Wildman–Crippen LogP) is 0.730. The fourth-order valence-electron chi connectivity index (χ4n) is 1.90. The Balaban J connectivity index is 3.31. The zero-order chi connectivity index (χ0) is 16.3. The molecule has 0 fully saturated rings. The maximum absolute atomic E-state index is 12.6. The fraction of sp³-hybridized carbons (Fsp3) is 0.467. The van der Waals surface area contributed by atoms with E-state index >= 15 is 0 Å². The monoisotopic (exact) mass is 311 g/mol. The van der Waals surface area contributed by atoms with Crippen LogP contribution in [0.4, 0.5) is 0 Å². The number of aliphatic hydroxyl groups is 2. The molecule has 0 atom stereocenters. The van der Waals surface area contributed by atoms with Crippen LogP contribution in [0.5, 0.6) is 0 Å². The lowest BCUT2D eigenvalue weighted by atomic mass is 10.1. The Bertz CT molecular complexity index is 663. The van der Waals surface area contributed by atoms with Gasteiger partial charge in [-0.15, -0.1) is 0 Å². The van der Waals surface area contributed by atoms with Crippen LogP contribution in [0.3, 0.4) is 0 Å². The van der Waals surface area contributed by atoms with Crippen molar-refractivity contribution in [1.29, 1.82) is 0 Å². The highest BCUT2D eigenvalue weighted by molar-refractivity contribution is 7.89. The van der Waals surface area contributed by atoms with Gasteiger partial charge in [-0.1, -0.05) is 17.9 Å². The van der Waals surface area contributed by atoms with E-state index in [1.807, 2.05) is 6.92 Å². The molecule has 6 heteroatoms. The smallest absolute Gasteiger partial charge is 0.244 e. The van der Waals surface area contributed by atoms with Crippen molar-refractivity contribution >= 4 is 10.0 Å². The van der Waals surface area contributed by atoms with Crippen molar-refractivity contribution in [3.63, 3.8) is 0 Å². The molecule has 0 unspecified atom stereocenters. The zero-order valence-corrected chi connectivity index (χ0v) is 13.5. The highest BCUT2D eigenvalue weighted by Gasteiger charge is 2.28. The minimum absolute atomic E-state index is 0.0317. The van der Waals surface area contributed by atoms with Crippen molar-refractivity contribution in [1.82, 2.24) is 4.31 Å². The van der Waals surface area contributed by atoms with E-state index in [0.29, 0.717) is 5.56 Å². The summed E-state index contributed by atoms with van der Waals surface area (Å²) < 4.78 is 26.3. The first-order valence-corrected chi connectivity index (χ1v) is 7.91. The minimum atomic E-state index is -3.76. The SMILES string of the molecule is Cc1ccc(S(=O)(=O)N(C)CC(C)(C)O)c(C#CCO)c1. The summed E-state index contributed by atoms with van der Waals surface area (Å²) in [4.78, 5) is 0.0702. The predicted molar refractivity (Wildman–Crippen MR) is 81.3 cm³/mol. The van der Waals surface area contributed by atoms with E-state index in [4.69, 9.17) is 5.11 Å². The normalized spacial score (nSPS) is 12.1. The summed E-state index contributed by atoms with van der Waals surface area (Å²) in [5, 5.41) is 18.6. The molecule has 21 heavy (non-hydrogen) atoms. The highest BCUT2D eigenvalue weighted by Crippen LogP contribution is 2.21. The standard InChI is InChI=1S/C15H21NO4S/c1-12-7-8-14(13(10-12)6-5-9-17)21(19,20)16(4)11-15(2,3)18/h7-8,10,17-18H,9,11H2,1-4H3. The van der Waals surface area contributed by atoms with Crippen LogP contribution in [0, 0.1) is 18.8 Å². The number of sulfonamides is 1. The third kappa shape index (κ3) is 4.83. The van der Waals surface area contributed by atoms with Crippen LogP contribution in [0.15, 0.2) is 23.1 Å². The van der Waals surface area contributed by atoms with Gasteiger partial charge in [-0.3, -0.25) is 0 Å². The van der Waals surface area contributed by atoms with Gasteiger partial charge in [0.1, 0.15) is 6.61 Å². The molecule has 0 aliphatic rings. The summed E-state index contributed by atoms with van der Waals surface area (Å²) in [5.74, 6) is 5.12. The van der Waals surface area contributed by atoms with Gasteiger partial charge in [0.2, 0.25) is 10.0 Å². The topological polar surface area (TPSA) is 77.8 Å². The zero-order valence-electron chi connectivity index (χ0n) is 12.7. The largest absolute Gasteiger partial charge is 0.389 e. The number of likely N-dealkylation sites (N-methyl/N-ethyl adjacent to an activating group) is 1. The van der Waals surface area contributed by atoms with Crippen LogP contribution in [-0.4, -0.2) is 48.7 Å². The summed E-state index contributed by atoms with van der Waals surface area (Å²) >= 11 is 0. The molecule has 0 radical (unpaired) electrons. The van der Waals surface area contributed by atoms with Crippen molar-refractivity contribution < 1.29 is 18.6 Å². The Morgan fingerprint density at radius 1 is 1.33 bits per heavy atom. The van der Waals surface area contributed by atoms with Gasteiger partial charge >= 0.3 is 0 Å². The number of aliphatic hydroxyl groups excluding tert-OH is 1. The van der Waals surface area contributed by atoms with Crippen molar-refractivity contribution in [3.05, 3.63) is 29.3 Å². The lowest BCUT2D eigenvalue weighted by Gasteiger charge is -2.25. The lowest BCUT2D eigenvalue weighted by molar-refractivity contribution is 0.0640. The fourth-order valence-corrected chi connectivity index (χ4v) is 3.35. The van der Waals surface area contributed by atoms with E-state index in [-0.39, 0.29) is 18.0 Å². The molecule has 0 saturated carbocycles. The molecule has 0 spiro atoms. The second kappa shape index (κ2) is 6.58. The van der Waals surface area contributed by atoms with Crippen LogP contribution in [0.25, 0.3) is 0 Å². The van der Waals surface area contributed by atoms with Gasteiger partial charge in [0.15, 0.2) is 0 Å². The van der Waals surface area contributed by atoms with E-state index in [0.717, 1.165) is 9.87 Å². The summed E-state index contributed by atoms with van der Waals surface area (Å²) in [6.07, 6.45) is 0. The minimum Gasteiger partial charge on any atom is -0.389 e. The van der Waals surface area contributed by atoms with E-state index in [1.165, 1.54) is 13.1 Å². The quantitative estimate of drug-likeness (QED) is 0.804. The second-order valence-corrected chi connectivity index (χ2v) is 7.55. The van der Waals surface area contributed by atoms with Gasteiger partial charge in [-0.05, 0) is 38.5 Å². The van der Waals surface area contributed by atoms with Gasteiger partial charge in [0.05, 0.1) is 10.5 Å². The number of hydrogen-bond donors (Lipinski definition) is 2. The molecule has 1 aromatic carbocycles. The molecule has 0 aromatic heterocycles. The maximum atomic E-state index is 12.6. The number of nitrogens with zero attached hydrogens (tertiary/aromatic N) is 1. The number of aryl methyl sites for hydroxylation is 1. The van der Waals surface area contributed by atoms with Crippen LogP contribution in [0.1, 0.15) is 25.0 Å². The molecule has 1 rings (SSSR count). The van der Waals surface area contributed by atoms with E-state index in [9.17, 15) is 13.5 Å². The van der Waals surface area contributed by atoms with Gasteiger partial charge in [0.25, 0.3) is 0 Å². The van der Waals surface area contributed by atoms with E-state index < -0.39 is 15.6 Å². The molecule has 116 valence electrons. The molecular weight excluding hydrogens is 290 g/mol. The summed E-state index contributed by atoms with van der Waals surface area (Å²) in [6.45, 7) is 4.55. The molecule has 1 aromatic rings. The van der Waals surface area contributed by atoms with Crippen LogP contribution < -0.4 is 0 Å². The molecule has 0 aliphatic carbocycles.